The van der Waals surface area contributed by atoms with E-state index in [0.29, 0.717) is 17.0 Å². The molecule has 0 aliphatic carbocycles. The highest BCUT2D eigenvalue weighted by atomic mass is 19.1. The van der Waals surface area contributed by atoms with Gasteiger partial charge in [-0.1, -0.05) is 18.2 Å². The van der Waals surface area contributed by atoms with Gasteiger partial charge in [-0.05, 0) is 39.3 Å². The standard InChI is InChI=1S/C14H21FN2/c1-7-12(8-13(15)11(5)17-6)14(16)10(4)9(2)3/h7-8H,1,16H2,2-6H3. The Morgan fingerprint density at radius 3 is 2.12 bits per heavy atom. The third-order valence-corrected chi connectivity index (χ3v) is 2.65. The van der Waals surface area contributed by atoms with Gasteiger partial charge in [0, 0.05) is 18.3 Å². The van der Waals surface area contributed by atoms with Crippen molar-refractivity contribution in [1.29, 1.82) is 0 Å². The maximum Gasteiger partial charge on any atom is 0.144 e. The van der Waals surface area contributed by atoms with Crippen molar-refractivity contribution >= 4 is 5.71 Å². The molecule has 0 saturated carbocycles. The van der Waals surface area contributed by atoms with Crippen LogP contribution in [0.5, 0.6) is 0 Å². The Kier molecular flexibility index (Phi) is 6.18. The van der Waals surface area contributed by atoms with Gasteiger partial charge in [-0.25, -0.2) is 4.39 Å². The van der Waals surface area contributed by atoms with Crippen molar-refractivity contribution in [2.75, 3.05) is 7.05 Å². The molecule has 0 heterocycles. The average Bonchev–Trinajstić information content (AvgIpc) is 2.32. The van der Waals surface area contributed by atoms with E-state index in [1.807, 2.05) is 20.8 Å². The number of halogens is 1. The first-order valence-electron chi connectivity index (χ1n) is 5.42. The van der Waals surface area contributed by atoms with E-state index in [1.54, 1.807) is 20.0 Å². The van der Waals surface area contributed by atoms with Crippen molar-refractivity contribution < 1.29 is 4.39 Å². The Labute approximate surface area is 103 Å². The lowest BCUT2D eigenvalue weighted by Gasteiger charge is -2.08. The summed E-state index contributed by atoms with van der Waals surface area (Å²) in [5.74, 6) is -0.396. The minimum absolute atomic E-state index is 0.340. The molecular formula is C14H21FN2. The highest BCUT2D eigenvalue weighted by molar-refractivity contribution is 5.96. The van der Waals surface area contributed by atoms with E-state index in [2.05, 4.69) is 11.6 Å². The third kappa shape index (κ3) is 4.39. The summed E-state index contributed by atoms with van der Waals surface area (Å²) in [6.45, 7) is 11.1. The van der Waals surface area contributed by atoms with Gasteiger partial charge < -0.3 is 5.73 Å². The van der Waals surface area contributed by atoms with Crippen LogP contribution in [0.25, 0.3) is 0 Å². The van der Waals surface area contributed by atoms with Gasteiger partial charge in [-0.2, -0.15) is 0 Å². The predicted molar refractivity (Wildman–Crippen MR) is 73.7 cm³/mol. The SMILES string of the molecule is C=CC(C=C(F)C(C)=NC)=C(N)C(C)=C(C)C. The van der Waals surface area contributed by atoms with E-state index in [9.17, 15) is 4.39 Å². The van der Waals surface area contributed by atoms with E-state index in [0.717, 1.165) is 11.1 Å². The Morgan fingerprint density at radius 2 is 1.76 bits per heavy atom. The summed E-state index contributed by atoms with van der Waals surface area (Å²) in [6.07, 6.45) is 2.90. The fourth-order valence-corrected chi connectivity index (χ4v) is 1.08. The lowest BCUT2D eigenvalue weighted by Crippen LogP contribution is -2.04. The summed E-state index contributed by atoms with van der Waals surface area (Å²) in [6, 6.07) is 0. The summed E-state index contributed by atoms with van der Waals surface area (Å²) in [7, 11) is 1.55. The van der Waals surface area contributed by atoms with Crippen molar-refractivity contribution in [1.82, 2.24) is 0 Å². The predicted octanol–water partition coefficient (Wildman–Crippen LogP) is 3.69. The molecule has 94 valence electrons. The van der Waals surface area contributed by atoms with E-state index in [4.69, 9.17) is 5.73 Å². The first-order chi connectivity index (χ1) is 7.84. The fourth-order valence-electron chi connectivity index (χ4n) is 1.08. The van der Waals surface area contributed by atoms with Crippen LogP contribution in [0, 0.1) is 0 Å². The van der Waals surface area contributed by atoms with Gasteiger partial charge in [0.1, 0.15) is 5.83 Å². The molecule has 0 aliphatic heterocycles. The lowest BCUT2D eigenvalue weighted by molar-refractivity contribution is 0.679. The monoisotopic (exact) mass is 236 g/mol. The van der Waals surface area contributed by atoms with Crippen molar-refractivity contribution in [3.63, 3.8) is 0 Å². The zero-order chi connectivity index (χ0) is 13.6. The molecule has 0 atom stereocenters. The molecule has 0 amide bonds. The number of allylic oxidation sites excluding steroid dienone is 6. The van der Waals surface area contributed by atoms with Crippen LogP contribution < -0.4 is 5.73 Å². The van der Waals surface area contributed by atoms with Crippen molar-refractivity contribution in [3.8, 4) is 0 Å². The maximum atomic E-state index is 13.6. The zero-order valence-electron chi connectivity index (χ0n) is 11.3. The number of hydrogen-bond donors (Lipinski definition) is 1. The largest absolute Gasteiger partial charge is 0.398 e. The van der Waals surface area contributed by atoms with Crippen molar-refractivity contribution in [2.45, 2.75) is 27.7 Å². The Balaban J connectivity index is 5.60. The molecule has 0 radical (unpaired) electrons. The van der Waals surface area contributed by atoms with Crippen LogP contribution in [0.2, 0.25) is 0 Å². The highest BCUT2D eigenvalue weighted by Gasteiger charge is 2.05. The van der Waals surface area contributed by atoms with Crippen LogP contribution >= 0.6 is 0 Å². The van der Waals surface area contributed by atoms with Crippen LogP contribution in [-0.2, 0) is 0 Å². The molecule has 0 aromatic carbocycles. The van der Waals surface area contributed by atoms with E-state index in [1.165, 1.54) is 6.08 Å². The molecule has 2 N–H and O–H groups in total. The minimum Gasteiger partial charge on any atom is -0.398 e. The molecule has 0 spiro atoms. The second kappa shape index (κ2) is 6.84. The molecule has 0 aromatic heterocycles. The van der Waals surface area contributed by atoms with Gasteiger partial charge in [0.2, 0.25) is 0 Å². The van der Waals surface area contributed by atoms with Gasteiger partial charge in [0.25, 0.3) is 0 Å². The first-order valence-corrected chi connectivity index (χ1v) is 5.42. The summed E-state index contributed by atoms with van der Waals surface area (Å²) >= 11 is 0. The Bertz CT molecular complexity index is 420. The molecule has 0 rings (SSSR count). The summed E-state index contributed by atoms with van der Waals surface area (Å²) in [5, 5.41) is 0. The molecule has 0 aromatic rings. The zero-order valence-corrected chi connectivity index (χ0v) is 11.3. The van der Waals surface area contributed by atoms with E-state index < -0.39 is 5.83 Å². The average molecular weight is 236 g/mol. The van der Waals surface area contributed by atoms with Gasteiger partial charge in [0.15, 0.2) is 0 Å². The van der Waals surface area contributed by atoms with E-state index >= 15 is 0 Å². The molecule has 3 heteroatoms. The minimum atomic E-state index is -0.396. The van der Waals surface area contributed by atoms with Crippen molar-refractivity contribution in [2.24, 2.45) is 10.7 Å². The van der Waals surface area contributed by atoms with Crippen LogP contribution in [0.1, 0.15) is 27.7 Å². The van der Waals surface area contributed by atoms with Gasteiger partial charge >= 0.3 is 0 Å². The molecule has 0 saturated heterocycles. The van der Waals surface area contributed by atoms with Crippen LogP contribution in [0.3, 0.4) is 0 Å². The molecule has 0 bridgehead atoms. The maximum absolute atomic E-state index is 13.6. The number of rotatable bonds is 4. The normalized spacial score (nSPS) is 14.2. The second-order valence-electron chi connectivity index (χ2n) is 4.00. The quantitative estimate of drug-likeness (QED) is 0.586. The van der Waals surface area contributed by atoms with Crippen molar-refractivity contribution in [3.05, 3.63) is 47.0 Å². The molecule has 0 aliphatic rings. The fraction of sp³-hybridized carbons (Fsp3) is 0.357. The Hall–Kier alpha value is -1.64. The third-order valence-electron chi connectivity index (χ3n) is 2.65. The summed E-state index contributed by atoms with van der Waals surface area (Å²) < 4.78 is 13.6. The number of hydrogen-bond acceptors (Lipinski definition) is 2. The van der Waals surface area contributed by atoms with Crippen LogP contribution in [0.15, 0.2) is 52.0 Å². The van der Waals surface area contributed by atoms with Crippen LogP contribution in [-0.4, -0.2) is 12.8 Å². The van der Waals surface area contributed by atoms with Gasteiger partial charge in [-0.15, -0.1) is 0 Å². The lowest BCUT2D eigenvalue weighted by atomic mass is 10.0. The van der Waals surface area contributed by atoms with E-state index in [-0.39, 0.29) is 0 Å². The summed E-state index contributed by atoms with van der Waals surface area (Å²) in [4.78, 5) is 3.78. The first kappa shape index (κ1) is 15.4. The molecule has 0 fully saturated rings. The second-order valence-corrected chi connectivity index (χ2v) is 4.00. The highest BCUT2D eigenvalue weighted by Crippen LogP contribution is 2.17. The Morgan fingerprint density at radius 1 is 1.24 bits per heavy atom. The van der Waals surface area contributed by atoms with Crippen LogP contribution in [0.4, 0.5) is 4.39 Å². The topological polar surface area (TPSA) is 38.4 Å². The smallest absolute Gasteiger partial charge is 0.144 e. The molecule has 17 heavy (non-hydrogen) atoms. The molecular weight excluding hydrogens is 215 g/mol. The number of nitrogens with two attached hydrogens (primary N) is 1. The molecule has 2 nitrogen and oxygen atoms in total. The molecule has 0 unspecified atom stereocenters. The number of nitrogens with zero attached hydrogens (tertiary/aromatic N) is 1. The van der Waals surface area contributed by atoms with Gasteiger partial charge in [0.05, 0.1) is 5.71 Å². The number of aliphatic imine (C=N–C) groups is 1. The summed E-state index contributed by atoms with van der Waals surface area (Å²) in [5.41, 5.74) is 9.45. The van der Waals surface area contributed by atoms with Gasteiger partial charge in [-0.3, -0.25) is 4.99 Å².